The Morgan fingerprint density at radius 2 is 2.00 bits per heavy atom. The van der Waals surface area contributed by atoms with Crippen molar-refractivity contribution in [1.29, 1.82) is 5.26 Å². The van der Waals surface area contributed by atoms with E-state index in [9.17, 15) is 10.1 Å². The van der Waals surface area contributed by atoms with Crippen LogP contribution >= 0.6 is 0 Å². The van der Waals surface area contributed by atoms with Crippen LogP contribution in [0.2, 0.25) is 0 Å². The highest BCUT2D eigenvalue weighted by Crippen LogP contribution is 2.38. The molecule has 3 N–H and O–H groups in total. The van der Waals surface area contributed by atoms with Gasteiger partial charge in [-0.05, 0) is 53.4 Å². The molecule has 2 saturated heterocycles. The summed E-state index contributed by atoms with van der Waals surface area (Å²) < 4.78 is 5.50. The van der Waals surface area contributed by atoms with Gasteiger partial charge >= 0.3 is 0 Å². The molecule has 2 aliphatic rings. The molecule has 1 amide bonds. The van der Waals surface area contributed by atoms with Gasteiger partial charge in [-0.3, -0.25) is 4.79 Å². The van der Waals surface area contributed by atoms with Crippen LogP contribution in [-0.2, 0) is 9.53 Å². The molecule has 0 aliphatic carbocycles. The highest BCUT2D eigenvalue weighted by molar-refractivity contribution is 5.97. The molecule has 6 heteroatoms. The van der Waals surface area contributed by atoms with Crippen LogP contribution in [0.25, 0.3) is 0 Å². The highest BCUT2D eigenvalue weighted by Gasteiger charge is 2.43. The molecule has 0 saturated carbocycles. The van der Waals surface area contributed by atoms with Crippen molar-refractivity contribution in [3.05, 3.63) is 11.8 Å². The SMILES string of the molecule is CC1(C)CC(N)CC(C)(C)N1/C=C(/C#N)C(=O)NCC1CCCO1. The van der Waals surface area contributed by atoms with Gasteiger partial charge in [-0.15, -0.1) is 0 Å². The number of nitriles is 1. The number of nitrogens with two attached hydrogens (primary N) is 1. The second-order valence-corrected chi connectivity index (χ2v) is 8.16. The first kappa shape index (κ1) is 18.8. The van der Waals surface area contributed by atoms with Gasteiger partial charge in [0.15, 0.2) is 0 Å². The number of rotatable bonds is 4. The Kier molecular flexibility index (Phi) is 5.56. The lowest BCUT2D eigenvalue weighted by Crippen LogP contribution is -2.61. The summed E-state index contributed by atoms with van der Waals surface area (Å²) in [6, 6.07) is 2.17. The number of piperidine rings is 1. The molecule has 0 aromatic heterocycles. The van der Waals surface area contributed by atoms with E-state index in [1.54, 1.807) is 6.20 Å². The maximum absolute atomic E-state index is 12.4. The summed E-state index contributed by atoms with van der Waals surface area (Å²) in [4.78, 5) is 14.5. The first-order chi connectivity index (χ1) is 11.2. The predicted molar refractivity (Wildman–Crippen MR) is 92.9 cm³/mol. The average Bonchev–Trinajstić information content (AvgIpc) is 2.95. The van der Waals surface area contributed by atoms with E-state index in [1.807, 2.05) is 6.07 Å². The van der Waals surface area contributed by atoms with Gasteiger partial charge in [-0.1, -0.05) is 0 Å². The summed E-state index contributed by atoms with van der Waals surface area (Å²) in [5, 5.41) is 12.3. The smallest absolute Gasteiger partial charge is 0.263 e. The zero-order valence-corrected chi connectivity index (χ0v) is 15.3. The van der Waals surface area contributed by atoms with E-state index in [2.05, 4.69) is 37.9 Å². The first-order valence-corrected chi connectivity index (χ1v) is 8.72. The monoisotopic (exact) mass is 334 g/mol. The normalized spacial score (nSPS) is 26.9. The van der Waals surface area contributed by atoms with Crippen LogP contribution in [0.3, 0.4) is 0 Å². The van der Waals surface area contributed by atoms with E-state index in [0.29, 0.717) is 6.54 Å². The summed E-state index contributed by atoms with van der Waals surface area (Å²) in [5.74, 6) is -0.338. The van der Waals surface area contributed by atoms with Crippen molar-refractivity contribution < 1.29 is 9.53 Å². The van der Waals surface area contributed by atoms with Crippen molar-refractivity contribution in [3.63, 3.8) is 0 Å². The molecule has 2 fully saturated rings. The molecular formula is C18H30N4O2. The number of likely N-dealkylation sites (tertiary alicyclic amines) is 1. The van der Waals surface area contributed by atoms with Crippen LogP contribution in [0, 0.1) is 11.3 Å². The summed E-state index contributed by atoms with van der Waals surface area (Å²) in [5.41, 5.74) is 5.89. The number of nitrogens with zero attached hydrogens (tertiary/aromatic N) is 2. The molecular weight excluding hydrogens is 304 g/mol. The molecule has 1 unspecified atom stereocenters. The fourth-order valence-electron chi connectivity index (χ4n) is 4.10. The van der Waals surface area contributed by atoms with Crippen LogP contribution in [-0.4, -0.2) is 47.2 Å². The second kappa shape index (κ2) is 7.12. The predicted octanol–water partition coefficient (Wildman–Crippen LogP) is 1.67. The Morgan fingerprint density at radius 1 is 1.38 bits per heavy atom. The standard InChI is InChI=1S/C18H30N4O2/c1-17(2)8-14(20)9-18(3,4)22(17)12-13(10-19)16(23)21-11-15-6-5-7-24-15/h12,14-15H,5-9,11,20H2,1-4H3,(H,21,23)/b13-12-. The molecule has 0 aromatic rings. The number of hydrogen-bond acceptors (Lipinski definition) is 5. The number of nitrogens with one attached hydrogen (secondary N) is 1. The lowest BCUT2D eigenvalue weighted by molar-refractivity contribution is -0.117. The third kappa shape index (κ3) is 4.28. The topological polar surface area (TPSA) is 91.4 Å². The molecule has 0 spiro atoms. The molecule has 2 rings (SSSR count). The van der Waals surface area contributed by atoms with Gasteiger partial charge in [0.1, 0.15) is 11.6 Å². The van der Waals surface area contributed by atoms with E-state index in [0.717, 1.165) is 32.3 Å². The third-order valence-electron chi connectivity index (χ3n) is 4.97. The molecule has 1 atom stereocenters. The minimum Gasteiger partial charge on any atom is -0.376 e. The van der Waals surface area contributed by atoms with Gasteiger partial charge in [0.2, 0.25) is 0 Å². The van der Waals surface area contributed by atoms with Crippen LogP contribution in [0.15, 0.2) is 11.8 Å². The lowest BCUT2D eigenvalue weighted by atomic mass is 9.77. The summed E-state index contributed by atoms with van der Waals surface area (Å²) in [6.07, 6.45) is 5.39. The van der Waals surface area contributed by atoms with Crippen molar-refractivity contribution >= 4 is 5.91 Å². The van der Waals surface area contributed by atoms with Crippen LogP contribution in [0.5, 0.6) is 0 Å². The fraction of sp³-hybridized carbons (Fsp3) is 0.778. The largest absolute Gasteiger partial charge is 0.376 e. The van der Waals surface area contributed by atoms with Gasteiger partial charge in [0.25, 0.3) is 5.91 Å². The molecule has 0 bridgehead atoms. The van der Waals surface area contributed by atoms with E-state index in [-0.39, 0.29) is 34.7 Å². The quantitative estimate of drug-likeness (QED) is 0.603. The van der Waals surface area contributed by atoms with Crippen molar-refractivity contribution in [2.45, 2.75) is 76.6 Å². The molecule has 6 nitrogen and oxygen atoms in total. The molecule has 0 aromatic carbocycles. The molecule has 134 valence electrons. The van der Waals surface area contributed by atoms with E-state index in [4.69, 9.17) is 10.5 Å². The molecule has 24 heavy (non-hydrogen) atoms. The molecule has 0 radical (unpaired) electrons. The lowest BCUT2D eigenvalue weighted by Gasteiger charge is -2.54. The third-order valence-corrected chi connectivity index (χ3v) is 4.97. The zero-order chi connectivity index (χ0) is 18.0. The van der Waals surface area contributed by atoms with Crippen molar-refractivity contribution in [2.75, 3.05) is 13.2 Å². The molecule has 2 heterocycles. The number of amides is 1. The van der Waals surface area contributed by atoms with E-state index < -0.39 is 0 Å². The Hall–Kier alpha value is -1.58. The highest BCUT2D eigenvalue weighted by atomic mass is 16.5. The van der Waals surface area contributed by atoms with Gasteiger partial charge in [-0.2, -0.15) is 5.26 Å². The van der Waals surface area contributed by atoms with Crippen molar-refractivity contribution in [2.24, 2.45) is 5.73 Å². The van der Waals surface area contributed by atoms with E-state index >= 15 is 0 Å². The Labute approximate surface area is 145 Å². The Balaban J connectivity index is 2.12. The van der Waals surface area contributed by atoms with Gasteiger partial charge < -0.3 is 20.7 Å². The number of ether oxygens (including phenoxy) is 1. The summed E-state index contributed by atoms with van der Waals surface area (Å²) >= 11 is 0. The zero-order valence-electron chi connectivity index (χ0n) is 15.3. The van der Waals surface area contributed by atoms with Gasteiger partial charge in [0.05, 0.1) is 6.10 Å². The van der Waals surface area contributed by atoms with E-state index in [1.165, 1.54) is 0 Å². The van der Waals surface area contributed by atoms with Crippen LogP contribution in [0.1, 0.15) is 53.4 Å². The van der Waals surface area contributed by atoms with Crippen LogP contribution in [0.4, 0.5) is 0 Å². The maximum atomic E-state index is 12.4. The van der Waals surface area contributed by atoms with Crippen molar-refractivity contribution in [1.82, 2.24) is 10.2 Å². The van der Waals surface area contributed by atoms with Gasteiger partial charge in [0, 0.05) is 36.5 Å². The minimum absolute atomic E-state index is 0.0646. The summed E-state index contributed by atoms with van der Waals surface area (Å²) in [6.45, 7) is 9.60. The first-order valence-electron chi connectivity index (χ1n) is 8.72. The second-order valence-electron chi connectivity index (χ2n) is 8.16. The van der Waals surface area contributed by atoms with Gasteiger partial charge in [-0.25, -0.2) is 0 Å². The fourth-order valence-corrected chi connectivity index (χ4v) is 4.10. The summed E-state index contributed by atoms with van der Waals surface area (Å²) in [7, 11) is 0. The van der Waals surface area contributed by atoms with Crippen molar-refractivity contribution in [3.8, 4) is 6.07 Å². The average molecular weight is 334 g/mol. The number of carbonyl (C=O) groups excluding carboxylic acids is 1. The Bertz CT molecular complexity index is 524. The maximum Gasteiger partial charge on any atom is 0.263 e. The Morgan fingerprint density at radius 3 is 2.50 bits per heavy atom. The van der Waals surface area contributed by atoms with Crippen LogP contribution < -0.4 is 11.1 Å². The minimum atomic E-state index is -0.338. The molecule has 2 aliphatic heterocycles. The number of hydrogen-bond donors (Lipinski definition) is 2. The number of carbonyl (C=O) groups is 1.